The fourth-order valence-electron chi connectivity index (χ4n) is 1.26. The predicted molar refractivity (Wildman–Crippen MR) is 27.9 cm³/mol. The molecule has 0 aliphatic carbocycles. The molecule has 0 aromatic rings. The second-order valence-electron chi connectivity index (χ2n) is 2.54. The lowest BCUT2D eigenvalue weighted by atomic mass is 9.91. The molecule has 4 heteroatoms. The lowest BCUT2D eigenvalue weighted by Gasteiger charge is -2.32. The monoisotopic (exact) mass is 129 g/mol. The van der Waals surface area contributed by atoms with Gasteiger partial charge in [0, 0.05) is 6.42 Å². The Kier molecular flexibility index (Phi) is 0.736. The molecule has 3 aliphatic heterocycles. The maximum absolute atomic E-state index is 10.4. The first kappa shape index (κ1) is 5.20. The maximum Gasteiger partial charge on any atom is 0.326 e. The van der Waals surface area contributed by atoms with Crippen LogP contribution in [0, 0.1) is 0 Å². The van der Waals surface area contributed by atoms with Gasteiger partial charge in [-0.2, -0.15) is 0 Å². The minimum Gasteiger partial charge on any atom is -0.480 e. The number of hydrogen-bond donors (Lipinski definition) is 2. The summed E-state index contributed by atoms with van der Waals surface area (Å²) in [5, 5.41) is 11.4. The van der Waals surface area contributed by atoms with Crippen LogP contribution in [0.1, 0.15) is 6.42 Å². The second-order valence-corrected chi connectivity index (χ2v) is 2.54. The van der Waals surface area contributed by atoms with E-state index in [1.807, 2.05) is 0 Å². The van der Waals surface area contributed by atoms with Crippen LogP contribution in [0.25, 0.3) is 0 Å². The van der Waals surface area contributed by atoms with E-state index in [1.54, 1.807) is 0 Å². The number of ether oxygens (including phenoxy) is 1. The number of carboxylic acids is 1. The van der Waals surface area contributed by atoms with Crippen molar-refractivity contribution in [1.29, 1.82) is 0 Å². The summed E-state index contributed by atoms with van der Waals surface area (Å²) in [5.41, 5.74) is -0.718. The molecule has 3 fully saturated rings. The van der Waals surface area contributed by atoms with Gasteiger partial charge in [-0.1, -0.05) is 0 Å². The third kappa shape index (κ3) is 0.469. The zero-order chi connectivity index (χ0) is 6.48. The lowest BCUT2D eigenvalue weighted by Crippen LogP contribution is -2.62. The van der Waals surface area contributed by atoms with Crippen molar-refractivity contribution in [3.05, 3.63) is 0 Å². The molecule has 0 spiro atoms. The highest BCUT2D eigenvalue weighted by Gasteiger charge is 2.57. The van der Waals surface area contributed by atoms with Crippen LogP contribution in [0.4, 0.5) is 0 Å². The molecule has 3 rings (SSSR count). The van der Waals surface area contributed by atoms with Crippen LogP contribution >= 0.6 is 0 Å². The van der Waals surface area contributed by atoms with Gasteiger partial charge in [0.25, 0.3) is 0 Å². The summed E-state index contributed by atoms with van der Waals surface area (Å²) < 4.78 is 5.00. The Balaban J connectivity index is 2.19. The first-order valence-corrected chi connectivity index (χ1v) is 2.86. The van der Waals surface area contributed by atoms with Crippen LogP contribution in [0.3, 0.4) is 0 Å². The van der Waals surface area contributed by atoms with Gasteiger partial charge in [0.1, 0.15) is 11.8 Å². The first-order valence-electron chi connectivity index (χ1n) is 2.86. The summed E-state index contributed by atoms with van der Waals surface area (Å²) in [4.78, 5) is 10.4. The van der Waals surface area contributed by atoms with E-state index in [0.29, 0.717) is 13.0 Å². The standard InChI is InChI=1S/C5H7NO3/c7-4(8)5-1-3(6-5)9-2-5/h3,6H,1-2H2,(H,7,8)/t3-,5-/m1/s1. The van der Waals surface area contributed by atoms with E-state index in [9.17, 15) is 4.79 Å². The highest BCUT2D eigenvalue weighted by molar-refractivity contribution is 5.81. The molecule has 0 amide bonds. The molecule has 0 unspecified atom stereocenters. The average molecular weight is 129 g/mol. The van der Waals surface area contributed by atoms with Crippen molar-refractivity contribution in [2.45, 2.75) is 18.2 Å². The molecule has 2 atom stereocenters. The number of fused-ring (bicyclic) bond motifs is 1. The minimum absolute atomic E-state index is 0.0149. The van der Waals surface area contributed by atoms with Crippen LogP contribution in [0.5, 0.6) is 0 Å². The van der Waals surface area contributed by atoms with Crippen molar-refractivity contribution in [2.75, 3.05) is 6.61 Å². The molecule has 2 bridgehead atoms. The third-order valence-corrected chi connectivity index (χ3v) is 1.91. The average Bonchev–Trinajstić information content (AvgIpc) is 2.13. The summed E-state index contributed by atoms with van der Waals surface area (Å²) in [6.07, 6.45) is 0.642. The number of carbonyl (C=O) groups is 1. The van der Waals surface area contributed by atoms with Gasteiger partial charge < -0.3 is 9.84 Å². The van der Waals surface area contributed by atoms with Gasteiger partial charge in [-0.3, -0.25) is 10.1 Å². The lowest BCUT2D eigenvalue weighted by molar-refractivity contribution is -0.146. The van der Waals surface area contributed by atoms with E-state index >= 15 is 0 Å². The van der Waals surface area contributed by atoms with Crippen molar-refractivity contribution in [3.8, 4) is 0 Å². The third-order valence-electron chi connectivity index (χ3n) is 1.91. The number of hydrogen-bond acceptors (Lipinski definition) is 3. The Morgan fingerprint density at radius 1 is 1.89 bits per heavy atom. The first-order chi connectivity index (χ1) is 4.23. The summed E-state index contributed by atoms with van der Waals surface area (Å²) >= 11 is 0. The van der Waals surface area contributed by atoms with Crippen molar-refractivity contribution in [3.63, 3.8) is 0 Å². The molecule has 4 nitrogen and oxygen atoms in total. The van der Waals surface area contributed by atoms with E-state index < -0.39 is 11.5 Å². The fraction of sp³-hybridized carbons (Fsp3) is 0.800. The fourth-order valence-corrected chi connectivity index (χ4v) is 1.26. The molecule has 0 saturated carbocycles. The van der Waals surface area contributed by atoms with Crippen LogP contribution in [-0.4, -0.2) is 29.4 Å². The van der Waals surface area contributed by atoms with E-state index in [2.05, 4.69) is 5.32 Å². The van der Waals surface area contributed by atoms with Crippen molar-refractivity contribution in [2.24, 2.45) is 0 Å². The number of nitrogens with one attached hydrogen (secondary N) is 1. The molecular weight excluding hydrogens is 122 g/mol. The largest absolute Gasteiger partial charge is 0.480 e. The Bertz CT molecular complexity index is 156. The minimum atomic E-state index is -0.795. The molecule has 3 heterocycles. The molecule has 9 heavy (non-hydrogen) atoms. The number of rotatable bonds is 1. The molecule has 0 aromatic heterocycles. The van der Waals surface area contributed by atoms with E-state index in [1.165, 1.54) is 0 Å². The highest BCUT2D eigenvalue weighted by Crippen LogP contribution is 2.33. The SMILES string of the molecule is O=C(O)[C@]12CO[C@H](C1)N2. The Labute approximate surface area is 51.8 Å². The molecule has 3 aliphatic rings. The van der Waals surface area contributed by atoms with Crippen LogP contribution in [0.15, 0.2) is 0 Å². The van der Waals surface area contributed by atoms with Gasteiger partial charge in [0.15, 0.2) is 0 Å². The van der Waals surface area contributed by atoms with Crippen molar-refractivity contribution in [1.82, 2.24) is 5.32 Å². The normalized spacial score (nSPS) is 46.4. The number of aliphatic carboxylic acids is 1. The van der Waals surface area contributed by atoms with Crippen LogP contribution in [0.2, 0.25) is 0 Å². The van der Waals surface area contributed by atoms with Gasteiger partial charge in [0.2, 0.25) is 0 Å². The Hall–Kier alpha value is -0.610. The molecule has 0 aromatic carbocycles. The molecule has 3 saturated heterocycles. The molecule has 0 radical (unpaired) electrons. The zero-order valence-corrected chi connectivity index (χ0v) is 4.76. The maximum atomic E-state index is 10.4. The number of carboxylic acid groups (broad SMARTS) is 1. The van der Waals surface area contributed by atoms with E-state index in [0.717, 1.165) is 0 Å². The topological polar surface area (TPSA) is 58.6 Å². The smallest absolute Gasteiger partial charge is 0.326 e. The van der Waals surface area contributed by atoms with Crippen LogP contribution < -0.4 is 5.32 Å². The second kappa shape index (κ2) is 1.27. The van der Waals surface area contributed by atoms with E-state index in [4.69, 9.17) is 9.84 Å². The summed E-state index contributed by atoms with van der Waals surface area (Å²) in [6.45, 7) is 0.326. The van der Waals surface area contributed by atoms with Gasteiger partial charge >= 0.3 is 5.97 Å². The molecular formula is C5H7NO3. The summed E-state index contributed by atoms with van der Waals surface area (Å²) in [5.74, 6) is -0.795. The molecule has 2 N–H and O–H groups in total. The quantitative estimate of drug-likeness (QED) is 0.484. The highest BCUT2D eigenvalue weighted by atomic mass is 16.5. The predicted octanol–water partition coefficient (Wildman–Crippen LogP) is -0.841. The van der Waals surface area contributed by atoms with E-state index in [-0.39, 0.29) is 6.23 Å². The van der Waals surface area contributed by atoms with Crippen molar-refractivity contribution < 1.29 is 14.6 Å². The summed E-state index contributed by atoms with van der Waals surface area (Å²) in [7, 11) is 0. The zero-order valence-electron chi connectivity index (χ0n) is 4.76. The van der Waals surface area contributed by atoms with Crippen LogP contribution in [-0.2, 0) is 9.53 Å². The van der Waals surface area contributed by atoms with Gasteiger partial charge in [-0.25, -0.2) is 0 Å². The van der Waals surface area contributed by atoms with Gasteiger partial charge in [0.05, 0.1) is 6.61 Å². The summed E-state index contributed by atoms with van der Waals surface area (Å²) in [6, 6.07) is 0. The Morgan fingerprint density at radius 2 is 2.56 bits per heavy atom. The van der Waals surface area contributed by atoms with Gasteiger partial charge in [-0.15, -0.1) is 0 Å². The van der Waals surface area contributed by atoms with Crippen molar-refractivity contribution >= 4 is 5.97 Å². The molecule has 50 valence electrons. The van der Waals surface area contributed by atoms with Gasteiger partial charge in [-0.05, 0) is 0 Å². The Morgan fingerprint density at radius 3 is 2.78 bits per heavy atom.